The second-order valence-electron chi connectivity index (χ2n) is 7.33. The Labute approximate surface area is 180 Å². The van der Waals surface area contributed by atoms with E-state index in [0.717, 1.165) is 44.9 Å². The second kappa shape index (κ2) is 10.9. The van der Waals surface area contributed by atoms with Crippen LogP contribution in [0.2, 0.25) is 0 Å². The summed E-state index contributed by atoms with van der Waals surface area (Å²) in [7, 11) is 1.71. The highest BCUT2D eigenvalue weighted by atomic mass is 127. The van der Waals surface area contributed by atoms with Gasteiger partial charge in [0.2, 0.25) is 0 Å². The lowest BCUT2D eigenvalue weighted by Gasteiger charge is -2.23. The summed E-state index contributed by atoms with van der Waals surface area (Å²) >= 11 is 0. The van der Waals surface area contributed by atoms with Crippen molar-refractivity contribution in [1.29, 1.82) is 0 Å². The van der Waals surface area contributed by atoms with E-state index in [1.807, 2.05) is 12.1 Å². The van der Waals surface area contributed by atoms with Gasteiger partial charge in [-0.3, -0.25) is 9.89 Å². The lowest BCUT2D eigenvalue weighted by atomic mass is 10.1. The van der Waals surface area contributed by atoms with Crippen LogP contribution in [0.5, 0.6) is 5.75 Å². The first-order valence-corrected chi connectivity index (χ1v) is 9.86. The summed E-state index contributed by atoms with van der Waals surface area (Å²) in [5.74, 6) is 2.05. The first-order chi connectivity index (χ1) is 12.7. The molecule has 0 bridgehead atoms. The van der Waals surface area contributed by atoms with E-state index in [0.29, 0.717) is 17.9 Å². The Morgan fingerprint density at radius 2 is 2.19 bits per heavy atom. The van der Waals surface area contributed by atoms with Gasteiger partial charge in [-0.2, -0.15) is 0 Å². The van der Waals surface area contributed by atoms with Gasteiger partial charge >= 0.3 is 0 Å². The SMILES string of the molecule is CCN1CCCC1CNC(N)=NCC1CCN(c2cccc(OC)c2)C1.I. The number of aliphatic imine (C=N–C) groups is 1. The molecule has 2 saturated heterocycles. The number of guanidine groups is 1. The zero-order valence-corrected chi connectivity index (χ0v) is 18.9. The van der Waals surface area contributed by atoms with Crippen LogP contribution in [0.3, 0.4) is 0 Å². The number of nitrogens with two attached hydrogens (primary N) is 1. The highest BCUT2D eigenvalue weighted by Crippen LogP contribution is 2.27. The average Bonchev–Trinajstić information content (AvgIpc) is 3.33. The fraction of sp³-hybridized carbons (Fsp3) is 0.650. The number of rotatable bonds is 7. The van der Waals surface area contributed by atoms with Crippen LogP contribution in [0.4, 0.5) is 5.69 Å². The highest BCUT2D eigenvalue weighted by Gasteiger charge is 2.24. The fourth-order valence-electron chi connectivity index (χ4n) is 4.07. The van der Waals surface area contributed by atoms with E-state index in [4.69, 9.17) is 10.5 Å². The average molecular weight is 487 g/mol. The molecule has 6 nitrogen and oxygen atoms in total. The van der Waals surface area contributed by atoms with Crippen molar-refractivity contribution in [2.75, 3.05) is 51.3 Å². The number of benzene rings is 1. The Kier molecular flexibility index (Phi) is 8.95. The molecule has 2 heterocycles. The third-order valence-electron chi connectivity index (χ3n) is 5.65. The van der Waals surface area contributed by atoms with E-state index in [9.17, 15) is 0 Å². The number of likely N-dealkylation sites (tertiary alicyclic amines) is 1. The van der Waals surface area contributed by atoms with Gasteiger partial charge in [-0.15, -0.1) is 24.0 Å². The number of ether oxygens (including phenoxy) is 1. The largest absolute Gasteiger partial charge is 0.497 e. The summed E-state index contributed by atoms with van der Waals surface area (Å²) in [5.41, 5.74) is 7.32. The maximum atomic E-state index is 6.09. The molecule has 0 amide bonds. The van der Waals surface area contributed by atoms with Gasteiger partial charge in [0.25, 0.3) is 0 Å². The number of anilines is 1. The molecule has 2 aliphatic heterocycles. The van der Waals surface area contributed by atoms with E-state index >= 15 is 0 Å². The third-order valence-corrected chi connectivity index (χ3v) is 5.65. The molecular formula is C20H34IN5O. The Balaban J connectivity index is 0.00000261. The summed E-state index contributed by atoms with van der Waals surface area (Å²) in [5, 5.41) is 3.33. The van der Waals surface area contributed by atoms with E-state index in [-0.39, 0.29) is 24.0 Å². The Hall–Kier alpha value is -1.22. The molecule has 2 atom stereocenters. The maximum absolute atomic E-state index is 6.09. The number of hydrogen-bond donors (Lipinski definition) is 2. The molecule has 152 valence electrons. The van der Waals surface area contributed by atoms with Crippen molar-refractivity contribution in [3.63, 3.8) is 0 Å². The van der Waals surface area contributed by atoms with Crippen LogP contribution in [0.15, 0.2) is 29.3 Å². The normalized spacial score (nSPS) is 23.3. The topological polar surface area (TPSA) is 66.1 Å². The van der Waals surface area contributed by atoms with Crippen molar-refractivity contribution in [3.05, 3.63) is 24.3 Å². The van der Waals surface area contributed by atoms with Crippen LogP contribution in [-0.4, -0.2) is 63.3 Å². The summed E-state index contributed by atoms with van der Waals surface area (Å²) in [6.45, 7) is 8.34. The quantitative estimate of drug-likeness (QED) is 0.352. The number of halogens is 1. The molecule has 3 N–H and O–H groups in total. The molecule has 0 saturated carbocycles. The number of likely N-dealkylation sites (N-methyl/N-ethyl adjacent to an activating group) is 1. The monoisotopic (exact) mass is 487 g/mol. The van der Waals surface area contributed by atoms with Crippen LogP contribution in [-0.2, 0) is 0 Å². The zero-order valence-electron chi connectivity index (χ0n) is 16.6. The predicted octanol–water partition coefficient (Wildman–Crippen LogP) is 2.53. The first-order valence-electron chi connectivity index (χ1n) is 9.86. The van der Waals surface area contributed by atoms with Crippen LogP contribution in [0.25, 0.3) is 0 Å². The summed E-state index contributed by atoms with van der Waals surface area (Å²) in [6.07, 6.45) is 3.70. The zero-order chi connectivity index (χ0) is 18.4. The summed E-state index contributed by atoms with van der Waals surface area (Å²) in [6, 6.07) is 8.87. The summed E-state index contributed by atoms with van der Waals surface area (Å²) in [4.78, 5) is 9.52. The molecule has 0 aliphatic carbocycles. The number of nitrogens with zero attached hydrogens (tertiary/aromatic N) is 3. The van der Waals surface area contributed by atoms with Gasteiger partial charge in [-0.25, -0.2) is 0 Å². The second-order valence-corrected chi connectivity index (χ2v) is 7.33. The van der Waals surface area contributed by atoms with Crippen molar-refractivity contribution < 1.29 is 4.74 Å². The van der Waals surface area contributed by atoms with Crippen molar-refractivity contribution in [2.24, 2.45) is 16.6 Å². The van der Waals surface area contributed by atoms with E-state index in [2.05, 4.69) is 39.2 Å². The molecule has 3 rings (SSSR count). The Morgan fingerprint density at radius 3 is 2.96 bits per heavy atom. The first kappa shape index (κ1) is 22.1. The molecule has 1 aromatic rings. The minimum atomic E-state index is 0. The van der Waals surface area contributed by atoms with Gasteiger partial charge in [-0.1, -0.05) is 13.0 Å². The molecule has 7 heteroatoms. The summed E-state index contributed by atoms with van der Waals surface area (Å²) < 4.78 is 5.33. The molecule has 0 aromatic heterocycles. The molecule has 0 radical (unpaired) electrons. The molecular weight excluding hydrogens is 453 g/mol. The molecule has 0 spiro atoms. The van der Waals surface area contributed by atoms with Gasteiger partial charge in [0.15, 0.2) is 5.96 Å². The number of hydrogen-bond acceptors (Lipinski definition) is 4. The van der Waals surface area contributed by atoms with Crippen molar-refractivity contribution in [2.45, 2.75) is 32.2 Å². The van der Waals surface area contributed by atoms with E-state index in [1.165, 1.54) is 25.1 Å². The Bertz CT molecular complexity index is 612. The van der Waals surface area contributed by atoms with Crippen molar-refractivity contribution in [1.82, 2.24) is 10.2 Å². The van der Waals surface area contributed by atoms with Crippen LogP contribution in [0.1, 0.15) is 26.2 Å². The molecule has 2 aliphatic rings. The van der Waals surface area contributed by atoms with Crippen molar-refractivity contribution >= 4 is 35.6 Å². The standard InChI is InChI=1S/C20H33N5O.HI/c1-3-24-10-5-7-18(24)14-23-20(21)22-13-16-9-11-25(15-16)17-6-4-8-19(12-17)26-2;/h4,6,8,12,16,18H,3,5,7,9-11,13-15H2,1-2H3,(H3,21,22,23);1H. The molecule has 1 aromatic carbocycles. The minimum Gasteiger partial charge on any atom is -0.497 e. The van der Waals surface area contributed by atoms with Gasteiger partial charge in [-0.05, 0) is 50.4 Å². The van der Waals surface area contributed by atoms with E-state index < -0.39 is 0 Å². The van der Waals surface area contributed by atoms with Gasteiger partial charge in [0.1, 0.15) is 5.75 Å². The van der Waals surface area contributed by atoms with Crippen LogP contribution < -0.4 is 20.7 Å². The van der Waals surface area contributed by atoms with Gasteiger partial charge < -0.3 is 20.7 Å². The van der Waals surface area contributed by atoms with Crippen LogP contribution in [0, 0.1) is 5.92 Å². The maximum Gasteiger partial charge on any atom is 0.188 e. The predicted molar refractivity (Wildman–Crippen MR) is 123 cm³/mol. The number of methoxy groups -OCH3 is 1. The van der Waals surface area contributed by atoms with Crippen molar-refractivity contribution in [3.8, 4) is 5.75 Å². The Morgan fingerprint density at radius 1 is 1.33 bits per heavy atom. The fourth-order valence-corrected chi connectivity index (χ4v) is 4.07. The number of nitrogens with one attached hydrogen (secondary N) is 1. The smallest absolute Gasteiger partial charge is 0.188 e. The highest BCUT2D eigenvalue weighted by molar-refractivity contribution is 14.0. The van der Waals surface area contributed by atoms with Gasteiger partial charge in [0.05, 0.1) is 7.11 Å². The molecule has 27 heavy (non-hydrogen) atoms. The lowest BCUT2D eigenvalue weighted by Crippen LogP contribution is -2.42. The minimum absolute atomic E-state index is 0. The molecule has 2 unspecified atom stereocenters. The lowest BCUT2D eigenvalue weighted by molar-refractivity contribution is 0.267. The van der Waals surface area contributed by atoms with E-state index in [1.54, 1.807) is 7.11 Å². The van der Waals surface area contributed by atoms with Gasteiger partial charge in [0, 0.05) is 44.0 Å². The third kappa shape index (κ3) is 6.14. The van der Waals surface area contributed by atoms with Crippen LogP contribution >= 0.6 is 24.0 Å². The molecule has 2 fully saturated rings.